The summed E-state index contributed by atoms with van der Waals surface area (Å²) in [5, 5.41) is 21.6. The molecule has 1 aromatic carbocycles. The van der Waals surface area contributed by atoms with Gasteiger partial charge in [-0.3, -0.25) is 24.0 Å². The van der Waals surface area contributed by atoms with Gasteiger partial charge in [0.15, 0.2) is 9.84 Å². The molecular formula is C38H52N8O10S2. The molecule has 2 aliphatic heterocycles. The highest BCUT2D eigenvalue weighted by molar-refractivity contribution is 7.91. The number of aliphatic hydroxyl groups is 1. The highest BCUT2D eigenvalue weighted by atomic mass is 32.2. The Morgan fingerprint density at radius 2 is 1.67 bits per heavy atom. The molecule has 0 spiro atoms. The van der Waals surface area contributed by atoms with Gasteiger partial charge in [0.2, 0.25) is 21.7 Å². The lowest BCUT2D eigenvalue weighted by Gasteiger charge is -2.37. The molecule has 4 fully saturated rings. The van der Waals surface area contributed by atoms with E-state index in [0.29, 0.717) is 12.2 Å². The van der Waals surface area contributed by atoms with Gasteiger partial charge >= 0.3 is 0 Å². The largest absolute Gasteiger partial charge is 0.384 e. The van der Waals surface area contributed by atoms with Crippen molar-refractivity contribution in [3.05, 3.63) is 41.7 Å². The van der Waals surface area contributed by atoms with Gasteiger partial charge in [-0.1, -0.05) is 44.2 Å². The molecule has 4 amide bonds. The third-order valence-electron chi connectivity index (χ3n) is 11.8. The van der Waals surface area contributed by atoms with Crippen molar-refractivity contribution in [1.82, 2.24) is 29.5 Å². The zero-order valence-electron chi connectivity index (χ0n) is 33.0. The van der Waals surface area contributed by atoms with Gasteiger partial charge in [-0.2, -0.15) is 4.31 Å². The molecule has 0 bridgehead atoms. The van der Waals surface area contributed by atoms with Crippen LogP contribution in [0, 0.1) is 5.92 Å². The molecule has 1 aromatic heterocycles. The second-order valence-electron chi connectivity index (χ2n) is 16.4. The van der Waals surface area contributed by atoms with E-state index in [4.69, 9.17) is 5.73 Å². The Bertz CT molecular complexity index is 2170. The summed E-state index contributed by atoms with van der Waals surface area (Å²) in [7, 11) is -7.36. The van der Waals surface area contributed by atoms with E-state index in [9.17, 15) is 45.9 Å². The molecule has 18 nitrogen and oxygen atoms in total. The maximum Gasteiger partial charge on any atom is 0.287 e. The highest BCUT2D eigenvalue weighted by Crippen LogP contribution is 2.35. The molecule has 0 unspecified atom stereocenters. The van der Waals surface area contributed by atoms with E-state index in [1.54, 1.807) is 6.92 Å². The number of likely N-dealkylation sites (tertiary alicyclic amines) is 1. The number of primary amides is 1. The summed E-state index contributed by atoms with van der Waals surface area (Å²) < 4.78 is 54.2. The molecule has 58 heavy (non-hydrogen) atoms. The normalized spacial score (nSPS) is 22.8. The fourth-order valence-corrected chi connectivity index (χ4v) is 11.6. The van der Waals surface area contributed by atoms with Crippen molar-refractivity contribution in [3.63, 3.8) is 0 Å². The number of benzene rings is 1. The van der Waals surface area contributed by atoms with E-state index >= 15 is 0 Å². The molecule has 4 N–H and O–H groups in total. The summed E-state index contributed by atoms with van der Waals surface area (Å²) in [6, 6.07) is 3.27. The third kappa shape index (κ3) is 9.24. The van der Waals surface area contributed by atoms with Crippen molar-refractivity contribution in [2.75, 3.05) is 24.6 Å². The first kappa shape index (κ1) is 43.2. The van der Waals surface area contributed by atoms with Gasteiger partial charge in [0.1, 0.15) is 22.9 Å². The Morgan fingerprint density at radius 1 is 1.03 bits per heavy atom. The van der Waals surface area contributed by atoms with E-state index in [-0.39, 0.29) is 47.5 Å². The van der Waals surface area contributed by atoms with Gasteiger partial charge in [-0.05, 0) is 76.1 Å². The van der Waals surface area contributed by atoms with Crippen LogP contribution in [0.2, 0.25) is 0 Å². The molecule has 2 saturated heterocycles. The number of hydrogen-bond acceptors (Lipinski definition) is 12. The maximum absolute atomic E-state index is 14.8. The molecule has 4 aliphatic rings. The second-order valence-corrected chi connectivity index (χ2v) is 20.6. The van der Waals surface area contributed by atoms with Crippen LogP contribution in [0.25, 0.3) is 0 Å². The molecule has 6 rings (SSSR count). The number of rotatable bonds is 14. The average Bonchev–Trinajstić information content (AvgIpc) is 3.68. The van der Waals surface area contributed by atoms with E-state index in [0.717, 1.165) is 44.9 Å². The Morgan fingerprint density at radius 3 is 2.24 bits per heavy atom. The molecule has 316 valence electrons. The minimum Gasteiger partial charge on any atom is -0.384 e. The van der Waals surface area contributed by atoms with Crippen LogP contribution in [0.4, 0.5) is 0 Å². The number of nitrogens with two attached hydrogens (primary N) is 1. The van der Waals surface area contributed by atoms with Crippen molar-refractivity contribution >= 4 is 55.0 Å². The summed E-state index contributed by atoms with van der Waals surface area (Å²) in [4.78, 5) is 74.1. The SMILES string of the molecule is CCN(C1CC1)S(=O)(=O)c1ccc(C(=O)/N=C(\CC2CCCCC2)C(=O)N2C[C@@H](n3nncc3C(C)(C)O)C[C@H]2C(=O)NC2(C(=O)C(N)=O)CCS(=O)(=O)CC2)cc1. The molecule has 2 aliphatic carbocycles. The fraction of sp³-hybridized carbons (Fsp3) is 0.632. The number of carbonyl (C=O) groups excluding carboxylic acids is 5. The van der Waals surface area contributed by atoms with Gasteiger partial charge in [-0.25, -0.2) is 26.5 Å². The summed E-state index contributed by atoms with van der Waals surface area (Å²) in [6.07, 6.45) is 6.55. The van der Waals surface area contributed by atoms with Crippen LogP contribution in [-0.2, 0) is 44.6 Å². The second kappa shape index (κ2) is 16.7. The summed E-state index contributed by atoms with van der Waals surface area (Å²) in [5.41, 5.74) is 2.24. The summed E-state index contributed by atoms with van der Waals surface area (Å²) in [5.74, 6) is -5.88. The zero-order valence-corrected chi connectivity index (χ0v) is 34.6. The van der Waals surface area contributed by atoms with E-state index in [1.807, 2.05) is 0 Å². The standard InChI is InChI=1S/C38H52N8O10S2/c1-4-45(26-12-13-26)58(55,56)28-14-10-25(11-15-28)34(49)41-29(20-24-8-6-5-7-9-24)36(51)44-23-27(46-31(22-40-43-46)37(2,3)52)21-30(44)35(50)42-38(32(47)33(39)48)16-18-57(53,54)19-17-38/h10-11,14-15,22,24,26-27,30,52H,4-9,12-13,16-21,23H2,1-3H3,(H2,39,48)(H,42,50)/b41-29+/t27-,30-/m0/s1. The highest BCUT2D eigenvalue weighted by Gasteiger charge is 2.50. The predicted molar refractivity (Wildman–Crippen MR) is 209 cm³/mol. The van der Waals surface area contributed by atoms with Crippen molar-refractivity contribution in [3.8, 4) is 0 Å². The smallest absolute Gasteiger partial charge is 0.287 e. The van der Waals surface area contributed by atoms with Crippen LogP contribution in [0.15, 0.2) is 40.4 Å². The Hall–Kier alpha value is -4.40. The number of sulfonamides is 1. The predicted octanol–water partition coefficient (Wildman–Crippen LogP) is 1.19. The first-order valence-electron chi connectivity index (χ1n) is 19.8. The molecule has 2 atom stereocenters. The van der Waals surface area contributed by atoms with Crippen LogP contribution in [0.3, 0.4) is 0 Å². The van der Waals surface area contributed by atoms with Crippen LogP contribution in [0.5, 0.6) is 0 Å². The lowest BCUT2D eigenvalue weighted by molar-refractivity contribution is -0.143. The lowest BCUT2D eigenvalue weighted by atomic mass is 9.85. The molecule has 2 aromatic rings. The van der Waals surface area contributed by atoms with Gasteiger partial charge in [0.25, 0.3) is 17.7 Å². The minimum atomic E-state index is -3.80. The number of aliphatic imine (C=N–C) groups is 1. The maximum atomic E-state index is 14.8. The summed E-state index contributed by atoms with van der Waals surface area (Å²) >= 11 is 0. The van der Waals surface area contributed by atoms with Gasteiger partial charge in [0, 0.05) is 31.1 Å². The number of hydrogen-bond donors (Lipinski definition) is 3. The fourth-order valence-electron chi connectivity index (χ4n) is 8.36. The number of carbonyl (C=O) groups is 5. The Labute approximate surface area is 338 Å². The van der Waals surface area contributed by atoms with Gasteiger partial charge in [0.05, 0.1) is 34.3 Å². The molecule has 3 heterocycles. The topological polar surface area (TPSA) is 261 Å². The lowest BCUT2D eigenvalue weighted by Crippen LogP contribution is -2.64. The Balaban J connectivity index is 1.35. The van der Waals surface area contributed by atoms with Crippen LogP contribution in [0.1, 0.15) is 113 Å². The van der Waals surface area contributed by atoms with Crippen LogP contribution < -0.4 is 11.1 Å². The van der Waals surface area contributed by atoms with E-state index in [1.165, 1.54) is 58.2 Å². The van der Waals surface area contributed by atoms with Crippen LogP contribution in [-0.4, -0.2) is 123 Å². The van der Waals surface area contributed by atoms with Gasteiger partial charge < -0.3 is 21.1 Å². The first-order chi connectivity index (χ1) is 27.3. The van der Waals surface area contributed by atoms with Crippen molar-refractivity contribution < 1.29 is 45.9 Å². The molecule has 2 saturated carbocycles. The molecular weight excluding hydrogens is 793 g/mol. The number of ketones is 1. The van der Waals surface area contributed by atoms with Crippen molar-refractivity contribution in [2.24, 2.45) is 16.6 Å². The van der Waals surface area contributed by atoms with E-state index < -0.39 is 96.8 Å². The van der Waals surface area contributed by atoms with Crippen molar-refractivity contribution in [1.29, 1.82) is 0 Å². The Kier molecular flexibility index (Phi) is 12.4. The monoisotopic (exact) mass is 844 g/mol. The number of amides is 4. The number of nitrogens with zero attached hydrogens (tertiary/aromatic N) is 6. The number of Topliss-reactive ketones (excluding diaryl/α,β-unsaturated/α-hetero) is 1. The average molecular weight is 845 g/mol. The van der Waals surface area contributed by atoms with Crippen LogP contribution >= 0.6 is 0 Å². The minimum absolute atomic E-state index is 0.00245. The van der Waals surface area contributed by atoms with Crippen molar-refractivity contribution in [2.45, 2.75) is 126 Å². The summed E-state index contributed by atoms with van der Waals surface area (Å²) in [6.45, 7) is 4.96. The quantitative estimate of drug-likeness (QED) is 0.179. The zero-order chi connectivity index (χ0) is 42.2. The molecule has 0 radical (unpaired) electrons. The number of sulfone groups is 1. The third-order valence-corrected chi connectivity index (χ3v) is 15.4. The molecule has 20 heteroatoms. The number of nitrogens with one attached hydrogen (secondary N) is 1. The number of aromatic nitrogens is 3. The van der Waals surface area contributed by atoms with Gasteiger partial charge in [-0.15, -0.1) is 5.10 Å². The van der Waals surface area contributed by atoms with E-state index in [2.05, 4.69) is 20.6 Å². The first-order valence-corrected chi connectivity index (χ1v) is 23.1.